The number of rotatable bonds is 0. The molecule has 1 aliphatic heterocycles. The van der Waals surface area contributed by atoms with E-state index in [9.17, 15) is 10.3 Å². The summed E-state index contributed by atoms with van der Waals surface area (Å²) < 4.78 is 0. The van der Waals surface area contributed by atoms with Crippen molar-refractivity contribution in [3.05, 3.63) is 0 Å². The molecular formula is C9H19NO2. The molecule has 1 saturated heterocycles. The molecule has 0 radical (unpaired) electrons. The third kappa shape index (κ3) is 1.63. The van der Waals surface area contributed by atoms with Crippen LogP contribution in [-0.4, -0.2) is 33.6 Å². The Morgan fingerprint density at radius 3 is 2.17 bits per heavy atom. The predicted octanol–water partition coefficient (Wildman–Crippen LogP) is 1.25. The van der Waals surface area contributed by atoms with Crippen molar-refractivity contribution in [1.29, 1.82) is 0 Å². The molecule has 0 bridgehead atoms. The molecule has 0 aromatic heterocycles. The smallest absolute Gasteiger partial charge is 0.0746 e. The van der Waals surface area contributed by atoms with Gasteiger partial charge in [-0.1, -0.05) is 13.8 Å². The molecule has 0 spiro atoms. The number of aliphatic hydroxyl groups is 1. The van der Waals surface area contributed by atoms with Gasteiger partial charge in [-0.15, -0.1) is 0 Å². The Hall–Kier alpha value is -0.120. The molecule has 1 aliphatic rings. The van der Waals surface area contributed by atoms with E-state index in [1.807, 2.05) is 13.8 Å². The Morgan fingerprint density at radius 1 is 1.25 bits per heavy atom. The second kappa shape index (κ2) is 2.69. The zero-order chi connectivity index (χ0) is 9.57. The molecule has 12 heavy (non-hydrogen) atoms. The average Bonchev–Trinajstić information content (AvgIpc) is 1.82. The van der Waals surface area contributed by atoms with Gasteiger partial charge in [0.2, 0.25) is 0 Å². The quantitative estimate of drug-likeness (QED) is 0.579. The van der Waals surface area contributed by atoms with Gasteiger partial charge in [-0.25, -0.2) is 0 Å². The van der Waals surface area contributed by atoms with Gasteiger partial charge < -0.3 is 10.3 Å². The second-order valence-electron chi connectivity index (χ2n) is 5.10. The van der Waals surface area contributed by atoms with Crippen molar-refractivity contribution in [2.45, 2.75) is 45.8 Å². The van der Waals surface area contributed by atoms with Crippen LogP contribution in [0.5, 0.6) is 0 Å². The highest BCUT2D eigenvalue weighted by Gasteiger charge is 2.44. The monoisotopic (exact) mass is 173 g/mol. The molecule has 2 N–H and O–H groups in total. The number of piperidine rings is 1. The standard InChI is InChI=1S/C9H19NO2/c1-8(2)5-7(11)9(3,4)10(12)6-8/h7,11-12H,5-6H2,1-4H3. The summed E-state index contributed by atoms with van der Waals surface area (Å²) in [6.07, 6.45) is 0.295. The molecule has 0 aromatic rings. The Labute approximate surface area is 74.0 Å². The van der Waals surface area contributed by atoms with Crippen LogP contribution in [-0.2, 0) is 0 Å². The summed E-state index contributed by atoms with van der Waals surface area (Å²) in [6.45, 7) is 8.43. The van der Waals surface area contributed by atoms with Gasteiger partial charge in [0.15, 0.2) is 0 Å². The van der Waals surface area contributed by atoms with Gasteiger partial charge in [-0.3, -0.25) is 0 Å². The zero-order valence-electron chi connectivity index (χ0n) is 8.33. The van der Waals surface area contributed by atoms with E-state index in [2.05, 4.69) is 13.8 Å². The molecular weight excluding hydrogens is 154 g/mol. The molecule has 3 nitrogen and oxygen atoms in total. The predicted molar refractivity (Wildman–Crippen MR) is 47.0 cm³/mol. The van der Waals surface area contributed by atoms with Crippen LogP contribution in [0.4, 0.5) is 0 Å². The molecule has 1 unspecified atom stereocenters. The second-order valence-corrected chi connectivity index (χ2v) is 5.10. The van der Waals surface area contributed by atoms with Gasteiger partial charge in [0, 0.05) is 6.54 Å². The minimum atomic E-state index is -0.504. The van der Waals surface area contributed by atoms with Crippen molar-refractivity contribution in [2.75, 3.05) is 6.54 Å². The van der Waals surface area contributed by atoms with Crippen LogP contribution in [0.15, 0.2) is 0 Å². The van der Waals surface area contributed by atoms with Gasteiger partial charge in [0.25, 0.3) is 0 Å². The fourth-order valence-corrected chi connectivity index (χ4v) is 1.62. The Morgan fingerprint density at radius 2 is 1.75 bits per heavy atom. The molecule has 0 aromatic carbocycles. The van der Waals surface area contributed by atoms with Gasteiger partial charge in [0.1, 0.15) is 0 Å². The summed E-state index contributed by atoms with van der Waals surface area (Å²) in [5.41, 5.74) is -0.501. The lowest BCUT2D eigenvalue weighted by atomic mass is 9.76. The van der Waals surface area contributed by atoms with Crippen LogP contribution in [0.3, 0.4) is 0 Å². The molecule has 0 aliphatic carbocycles. The van der Waals surface area contributed by atoms with Gasteiger partial charge >= 0.3 is 0 Å². The lowest BCUT2D eigenvalue weighted by Crippen LogP contribution is -2.59. The molecule has 0 saturated carbocycles. The first-order chi connectivity index (χ1) is 5.26. The van der Waals surface area contributed by atoms with Crippen molar-refractivity contribution >= 4 is 0 Å². The van der Waals surface area contributed by atoms with Crippen LogP contribution in [0, 0.1) is 5.41 Å². The maximum absolute atomic E-state index is 9.74. The van der Waals surface area contributed by atoms with E-state index < -0.39 is 11.6 Å². The molecule has 72 valence electrons. The number of hydroxylamine groups is 2. The fourth-order valence-electron chi connectivity index (χ4n) is 1.62. The van der Waals surface area contributed by atoms with Crippen LogP contribution in [0.2, 0.25) is 0 Å². The highest BCUT2D eigenvalue weighted by molar-refractivity contribution is 4.95. The van der Waals surface area contributed by atoms with Crippen LogP contribution < -0.4 is 0 Å². The highest BCUT2D eigenvalue weighted by atomic mass is 16.5. The third-order valence-electron chi connectivity index (χ3n) is 2.80. The summed E-state index contributed by atoms with van der Waals surface area (Å²) >= 11 is 0. The first-order valence-electron chi connectivity index (χ1n) is 4.40. The SMILES string of the molecule is CC1(C)CC(O)C(C)(C)N(O)C1. The lowest BCUT2D eigenvalue weighted by Gasteiger charge is -2.48. The molecule has 1 fully saturated rings. The van der Waals surface area contributed by atoms with E-state index in [0.717, 1.165) is 6.42 Å². The average molecular weight is 173 g/mol. The maximum Gasteiger partial charge on any atom is 0.0746 e. The van der Waals surface area contributed by atoms with Crippen LogP contribution in [0.25, 0.3) is 0 Å². The third-order valence-corrected chi connectivity index (χ3v) is 2.80. The van der Waals surface area contributed by atoms with Crippen molar-refractivity contribution in [3.63, 3.8) is 0 Å². The van der Waals surface area contributed by atoms with Crippen molar-refractivity contribution < 1.29 is 10.3 Å². The maximum atomic E-state index is 9.74. The summed E-state index contributed by atoms with van der Waals surface area (Å²) in [6, 6.07) is 0. The van der Waals surface area contributed by atoms with E-state index >= 15 is 0 Å². The van der Waals surface area contributed by atoms with Gasteiger partial charge in [0.05, 0.1) is 11.6 Å². The number of hydrogen-bond donors (Lipinski definition) is 2. The van der Waals surface area contributed by atoms with Gasteiger partial charge in [-0.2, -0.15) is 5.06 Å². The van der Waals surface area contributed by atoms with E-state index in [1.54, 1.807) is 0 Å². The topological polar surface area (TPSA) is 43.7 Å². The number of aliphatic hydroxyl groups excluding tert-OH is 1. The number of nitrogens with zero attached hydrogens (tertiary/aromatic N) is 1. The summed E-state index contributed by atoms with van der Waals surface area (Å²) in [4.78, 5) is 0. The largest absolute Gasteiger partial charge is 0.391 e. The van der Waals surface area contributed by atoms with Crippen molar-refractivity contribution in [2.24, 2.45) is 5.41 Å². The molecule has 1 rings (SSSR count). The van der Waals surface area contributed by atoms with E-state index in [0.29, 0.717) is 6.54 Å². The molecule has 0 amide bonds. The first kappa shape index (κ1) is 9.96. The van der Waals surface area contributed by atoms with E-state index in [-0.39, 0.29) is 5.41 Å². The fraction of sp³-hybridized carbons (Fsp3) is 1.00. The highest BCUT2D eigenvalue weighted by Crippen LogP contribution is 2.36. The minimum Gasteiger partial charge on any atom is -0.391 e. The molecule has 3 heteroatoms. The van der Waals surface area contributed by atoms with Crippen molar-refractivity contribution in [3.8, 4) is 0 Å². The Kier molecular flexibility index (Phi) is 2.23. The normalized spacial score (nSPS) is 35.0. The summed E-state index contributed by atoms with van der Waals surface area (Å²) in [5, 5.41) is 20.6. The Bertz CT molecular complexity index is 161. The minimum absolute atomic E-state index is 0.00366. The van der Waals surface area contributed by atoms with Crippen LogP contribution in [0.1, 0.15) is 34.1 Å². The van der Waals surface area contributed by atoms with E-state index in [4.69, 9.17) is 0 Å². The molecule has 1 heterocycles. The molecule has 1 atom stereocenters. The number of hydrogen-bond acceptors (Lipinski definition) is 3. The summed E-state index contributed by atoms with van der Waals surface area (Å²) in [7, 11) is 0. The Balaban J connectivity index is 2.78. The van der Waals surface area contributed by atoms with Crippen LogP contribution >= 0.6 is 0 Å². The van der Waals surface area contributed by atoms with E-state index in [1.165, 1.54) is 5.06 Å². The van der Waals surface area contributed by atoms with Crippen molar-refractivity contribution in [1.82, 2.24) is 5.06 Å². The lowest BCUT2D eigenvalue weighted by molar-refractivity contribution is -0.238. The first-order valence-corrected chi connectivity index (χ1v) is 4.40. The van der Waals surface area contributed by atoms with Gasteiger partial charge in [-0.05, 0) is 25.7 Å². The summed E-state index contributed by atoms with van der Waals surface area (Å²) in [5.74, 6) is 0. The zero-order valence-corrected chi connectivity index (χ0v) is 8.33.